The number of anilines is 1. The monoisotopic (exact) mass is 387 g/mol. The van der Waals surface area contributed by atoms with Gasteiger partial charge in [0.2, 0.25) is 5.13 Å². The van der Waals surface area contributed by atoms with Crippen molar-refractivity contribution in [2.24, 2.45) is 0 Å². The van der Waals surface area contributed by atoms with Crippen LogP contribution < -0.4 is 5.32 Å². The largest absolute Gasteiger partial charge is 0.376 e. The molecule has 3 aromatic rings. The molecule has 136 valence electrons. The van der Waals surface area contributed by atoms with Gasteiger partial charge in [0.15, 0.2) is 5.01 Å². The number of thiophene rings is 1. The lowest BCUT2D eigenvalue weighted by Gasteiger charge is -2.36. The highest BCUT2D eigenvalue weighted by molar-refractivity contribution is 7.18. The second kappa shape index (κ2) is 8.22. The number of ether oxygens (including phenoxy) is 1. The molecule has 6 nitrogen and oxygen atoms in total. The molecule has 0 saturated carbocycles. The Morgan fingerprint density at radius 2 is 2.27 bits per heavy atom. The lowest BCUT2D eigenvalue weighted by Crippen LogP contribution is -2.44. The summed E-state index contributed by atoms with van der Waals surface area (Å²) >= 11 is 3.33. The molecule has 1 aliphatic rings. The Morgan fingerprint density at radius 3 is 3.04 bits per heavy atom. The Balaban J connectivity index is 1.46. The van der Waals surface area contributed by atoms with E-state index in [2.05, 4.69) is 49.8 Å². The van der Waals surface area contributed by atoms with Crippen LogP contribution in [0.15, 0.2) is 41.9 Å². The number of rotatable bonds is 6. The van der Waals surface area contributed by atoms with Gasteiger partial charge in [-0.2, -0.15) is 0 Å². The summed E-state index contributed by atoms with van der Waals surface area (Å²) < 4.78 is 5.70. The van der Waals surface area contributed by atoms with Crippen molar-refractivity contribution in [3.8, 4) is 10.7 Å². The third kappa shape index (κ3) is 4.09. The molecule has 0 amide bonds. The number of aromatic nitrogens is 3. The zero-order valence-corrected chi connectivity index (χ0v) is 16.2. The van der Waals surface area contributed by atoms with Crippen LogP contribution in [0.5, 0.6) is 0 Å². The fourth-order valence-electron chi connectivity index (χ4n) is 3.09. The first-order chi connectivity index (χ1) is 12.8. The Kier molecular flexibility index (Phi) is 5.54. The number of nitrogens with one attached hydrogen (secondary N) is 1. The van der Waals surface area contributed by atoms with E-state index in [-0.39, 0.29) is 6.10 Å². The molecule has 1 fully saturated rings. The van der Waals surface area contributed by atoms with Crippen LogP contribution in [0.3, 0.4) is 0 Å². The minimum atomic E-state index is 0.267. The molecule has 4 heterocycles. The van der Waals surface area contributed by atoms with Gasteiger partial charge < -0.3 is 10.1 Å². The Labute approximate surface area is 160 Å². The van der Waals surface area contributed by atoms with E-state index in [0.717, 1.165) is 42.1 Å². The fourth-order valence-corrected chi connectivity index (χ4v) is 4.68. The van der Waals surface area contributed by atoms with Crippen LogP contribution in [-0.2, 0) is 4.74 Å². The van der Waals surface area contributed by atoms with Crippen molar-refractivity contribution in [3.05, 3.63) is 46.8 Å². The van der Waals surface area contributed by atoms with Crippen molar-refractivity contribution >= 4 is 27.8 Å². The second-order valence-corrected chi connectivity index (χ2v) is 8.17. The number of morpholine rings is 1. The molecule has 0 bridgehead atoms. The predicted octanol–water partition coefficient (Wildman–Crippen LogP) is 3.54. The molecule has 2 unspecified atom stereocenters. The summed E-state index contributed by atoms with van der Waals surface area (Å²) in [5, 5.41) is 15.8. The molecule has 0 radical (unpaired) electrons. The maximum Gasteiger partial charge on any atom is 0.206 e. The molecule has 3 aromatic heterocycles. The van der Waals surface area contributed by atoms with E-state index in [1.165, 1.54) is 16.2 Å². The van der Waals surface area contributed by atoms with Crippen molar-refractivity contribution in [1.82, 2.24) is 20.1 Å². The molecule has 26 heavy (non-hydrogen) atoms. The molecule has 0 aromatic carbocycles. The normalized spacial score (nSPS) is 19.3. The van der Waals surface area contributed by atoms with Crippen LogP contribution >= 0.6 is 22.7 Å². The van der Waals surface area contributed by atoms with Crippen molar-refractivity contribution in [3.63, 3.8) is 0 Å². The summed E-state index contributed by atoms with van der Waals surface area (Å²) in [6, 6.07) is 10.4. The number of hydrogen-bond acceptors (Lipinski definition) is 8. The van der Waals surface area contributed by atoms with Gasteiger partial charge in [-0.05, 0) is 30.5 Å². The topological polar surface area (TPSA) is 63.2 Å². The standard InChI is InChI=1S/C18H21N5OS2/c1-13-12-23(8-9-24-13)15(16-6-4-10-25-16)11-20-18-22-21-17(26-18)14-5-2-3-7-19-14/h2-7,10,13,15H,8-9,11-12H2,1H3,(H,20,22). The minimum absolute atomic E-state index is 0.267. The molecule has 1 saturated heterocycles. The summed E-state index contributed by atoms with van der Waals surface area (Å²) in [6.45, 7) is 5.61. The van der Waals surface area contributed by atoms with Gasteiger partial charge in [0.25, 0.3) is 0 Å². The van der Waals surface area contributed by atoms with Crippen LogP contribution in [0.1, 0.15) is 17.8 Å². The molecule has 1 N–H and O–H groups in total. The number of nitrogens with zero attached hydrogens (tertiary/aromatic N) is 4. The van der Waals surface area contributed by atoms with Gasteiger partial charge in [-0.15, -0.1) is 21.5 Å². The molecule has 1 aliphatic heterocycles. The first-order valence-corrected chi connectivity index (χ1v) is 10.4. The van der Waals surface area contributed by atoms with Gasteiger partial charge in [0.05, 0.1) is 18.8 Å². The Hall–Kier alpha value is -1.87. The molecule has 2 atom stereocenters. The highest BCUT2D eigenvalue weighted by atomic mass is 32.1. The maximum absolute atomic E-state index is 5.70. The second-order valence-electron chi connectivity index (χ2n) is 6.22. The molecule has 0 spiro atoms. The molecule has 4 rings (SSSR count). The van der Waals surface area contributed by atoms with Crippen LogP contribution in [0.2, 0.25) is 0 Å². The molecular formula is C18H21N5OS2. The van der Waals surface area contributed by atoms with Gasteiger partial charge in [-0.25, -0.2) is 0 Å². The van der Waals surface area contributed by atoms with E-state index >= 15 is 0 Å². The Morgan fingerprint density at radius 1 is 1.31 bits per heavy atom. The summed E-state index contributed by atoms with van der Waals surface area (Å²) in [6.07, 6.45) is 2.04. The third-order valence-corrected chi connectivity index (χ3v) is 6.22. The average Bonchev–Trinajstić information content (AvgIpc) is 3.35. The molecule has 0 aliphatic carbocycles. The summed E-state index contributed by atoms with van der Waals surface area (Å²) in [5.41, 5.74) is 0.856. The van der Waals surface area contributed by atoms with Crippen LogP contribution in [0.4, 0.5) is 5.13 Å². The van der Waals surface area contributed by atoms with Crippen molar-refractivity contribution < 1.29 is 4.74 Å². The van der Waals surface area contributed by atoms with Crippen LogP contribution in [0.25, 0.3) is 10.7 Å². The summed E-state index contributed by atoms with van der Waals surface area (Å²) in [7, 11) is 0. The zero-order chi connectivity index (χ0) is 17.8. The zero-order valence-electron chi connectivity index (χ0n) is 14.5. The van der Waals surface area contributed by atoms with Gasteiger partial charge >= 0.3 is 0 Å². The molecule has 8 heteroatoms. The number of pyridine rings is 1. The molecular weight excluding hydrogens is 366 g/mol. The van der Waals surface area contributed by atoms with Crippen molar-refractivity contribution in [2.75, 3.05) is 31.6 Å². The summed E-state index contributed by atoms with van der Waals surface area (Å²) in [5.74, 6) is 0. The first-order valence-electron chi connectivity index (χ1n) is 8.67. The van der Waals surface area contributed by atoms with Crippen LogP contribution in [0, 0.1) is 0 Å². The lowest BCUT2D eigenvalue weighted by molar-refractivity contribution is -0.0322. The van der Waals surface area contributed by atoms with E-state index in [1.807, 2.05) is 18.2 Å². The predicted molar refractivity (Wildman–Crippen MR) is 106 cm³/mol. The van der Waals surface area contributed by atoms with Gasteiger partial charge in [-0.3, -0.25) is 9.88 Å². The highest BCUT2D eigenvalue weighted by Crippen LogP contribution is 2.29. The van der Waals surface area contributed by atoms with E-state index in [9.17, 15) is 0 Å². The number of hydrogen-bond donors (Lipinski definition) is 1. The SMILES string of the molecule is CC1CN(C(CNc2nnc(-c3ccccn3)s2)c2cccs2)CCO1. The summed E-state index contributed by atoms with van der Waals surface area (Å²) in [4.78, 5) is 8.20. The van der Waals surface area contributed by atoms with Crippen molar-refractivity contribution in [2.45, 2.75) is 19.1 Å². The van der Waals surface area contributed by atoms with E-state index < -0.39 is 0 Å². The van der Waals surface area contributed by atoms with Gasteiger partial charge in [0.1, 0.15) is 5.69 Å². The van der Waals surface area contributed by atoms with Gasteiger partial charge in [-0.1, -0.05) is 23.5 Å². The van der Waals surface area contributed by atoms with Crippen LogP contribution in [-0.4, -0.2) is 52.4 Å². The quantitative estimate of drug-likeness (QED) is 0.698. The lowest BCUT2D eigenvalue weighted by atomic mass is 10.1. The van der Waals surface area contributed by atoms with Crippen molar-refractivity contribution in [1.29, 1.82) is 0 Å². The maximum atomic E-state index is 5.70. The van der Waals surface area contributed by atoms with E-state index in [0.29, 0.717) is 6.04 Å². The highest BCUT2D eigenvalue weighted by Gasteiger charge is 2.26. The smallest absolute Gasteiger partial charge is 0.206 e. The average molecular weight is 388 g/mol. The third-order valence-electron chi connectivity index (χ3n) is 4.34. The fraction of sp³-hybridized carbons (Fsp3) is 0.389. The first kappa shape index (κ1) is 17.5. The van der Waals surface area contributed by atoms with Gasteiger partial charge in [0, 0.05) is 30.7 Å². The Bertz CT molecular complexity index is 808. The van der Waals surface area contributed by atoms with E-state index in [4.69, 9.17) is 4.74 Å². The minimum Gasteiger partial charge on any atom is -0.376 e. The van der Waals surface area contributed by atoms with E-state index in [1.54, 1.807) is 17.5 Å².